The summed E-state index contributed by atoms with van der Waals surface area (Å²) in [6, 6.07) is 0. The van der Waals surface area contributed by atoms with Crippen molar-refractivity contribution in [2.45, 2.75) is 32.6 Å². The second kappa shape index (κ2) is 9.86. The van der Waals surface area contributed by atoms with Crippen LogP contribution in [0, 0.1) is 11.8 Å². The Hall–Kier alpha value is -0.310. The number of sulfone groups is 1. The highest BCUT2D eigenvalue weighted by molar-refractivity contribution is 14.0. The third kappa shape index (κ3) is 6.99. The van der Waals surface area contributed by atoms with E-state index in [4.69, 9.17) is 0 Å². The van der Waals surface area contributed by atoms with E-state index >= 15 is 0 Å². The Balaban J connectivity index is 0.00000264. The van der Waals surface area contributed by atoms with Crippen molar-refractivity contribution in [3.63, 3.8) is 0 Å². The van der Waals surface area contributed by atoms with Crippen molar-refractivity contribution in [1.82, 2.24) is 10.2 Å². The summed E-state index contributed by atoms with van der Waals surface area (Å²) in [4.78, 5) is 6.87. The van der Waals surface area contributed by atoms with Gasteiger partial charge in [0, 0.05) is 26.7 Å². The van der Waals surface area contributed by atoms with Gasteiger partial charge in [0.05, 0.1) is 11.5 Å². The monoisotopic (exact) mass is 455 g/mol. The van der Waals surface area contributed by atoms with Crippen molar-refractivity contribution in [2.24, 2.45) is 16.8 Å². The number of guanidine groups is 1. The Labute approximate surface area is 157 Å². The Morgan fingerprint density at radius 2 is 2.09 bits per heavy atom. The largest absolute Gasteiger partial charge is 0.357 e. The average molecular weight is 455 g/mol. The zero-order chi connectivity index (χ0) is 16.0. The molecule has 2 atom stereocenters. The second-order valence-corrected chi connectivity index (χ2v) is 8.72. The first kappa shape index (κ1) is 20.7. The van der Waals surface area contributed by atoms with Gasteiger partial charge in [-0.05, 0) is 44.4 Å². The van der Waals surface area contributed by atoms with E-state index in [0.29, 0.717) is 24.0 Å². The van der Waals surface area contributed by atoms with Gasteiger partial charge in [-0.1, -0.05) is 12.2 Å². The Morgan fingerprint density at radius 3 is 2.65 bits per heavy atom. The molecule has 0 aromatic heterocycles. The van der Waals surface area contributed by atoms with Crippen LogP contribution in [0.1, 0.15) is 32.6 Å². The first-order valence-electron chi connectivity index (χ1n) is 8.35. The molecular formula is C16H30IN3O2S. The standard InChI is InChI=1S/C16H29N3O2S.HI/c1-3-17-16(18-11-15-9-10-22(20,21)13-15)19(2)12-14-7-5-4-6-8-14;/h4-5,14-15H,3,6-13H2,1-2H3,(H,17,18);1H. The minimum atomic E-state index is -2.81. The lowest BCUT2D eigenvalue weighted by Crippen LogP contribution is -2.41. The van der Waals surface area contributed by atoms with Gasteiger partial charge in [-0.2, -0.15) is 0 Å². The Morgan fingerprint density at radius 1 is 1.30 bits per heavy atom. The second-order valence-electron chi connectivity index (χ2n) is 6.49. The van der Waals surface area contributed by atoms with Gasteiger partial charge in [0.15, 0.2) is 15.8 Å². The molecule has 134 valence electrons. The highest BCUT2D eigenvalue weighted by atomic mass is 127. The molecular weight excluding hydrogens is 425 g/mol. The average Bonchev–Trinajstić information content (AvgIpc) is 2.83. The molecule has 0 spiro atoms. The van der Waals surface area contributed by atoms with E-state index < -0.39 is 9.84 Å². The number of aliphatic imine (C=N–C) groups is 1. The smallest absolute Gasteiger partial charge is 0.193 e. The van der Waals surface area contributed by atoms with E-state index in [1.165, 1.54) is 12.8 Å². The van der Waals surface area contributed by atoms with Gasteiger partial charge in [-0.15, -0.1) is 24.0 Å². The van der Waals surface area contributed by atoms with Crippen LogP contribution in [0.3, 0.4) is 0 Å². The highest BCUT2D eigenvalue weighted by Crippen LogP contribution is 2.20. The molecule has 1 saturated heterocycles. The van der Waals surface area contributed by atoms with Crippen molar-refractivity contribution in [3.05, 3.63) is 12.2 Å². The molecule has 0 amide bonds. The summed E-state index contributed by atoms with van der Waals surface area (Å²) in [5.41, 5.74) is 0. The molecule has 7 heteroatoms. The molecule has 1 aliphatic heterocycles. The fourth-order valence-corrected chi connectivity index (χ4v) is 5.05. The van der Waals surface area contributed by atoms with E-state index in [0.717, 1.165) is 31.9 Å². The Bertz CT molecular complexity index is 519. The lowest BCUT2D eigenvalue weighted by atomic mass is 9.94. The fraction of sp³-hybridized carbons (Fsp3) is 0.812. The van der Waals surface area contributed by atoms with Crippen LogP contribution in [0.4, 0.5) is 0 Å². The molecule has 0 saturated carbocycles. The number of rotatable bonds is 5. The van der Waals surface area contributed by atoms with Gasteiger partial charge in [-0.25, -0.2) is 8.42 Å². The molecule has 5 nitrogen and oxygen atoms in total. The Kier molecular flexibility index (Phi) is 8.89. The molecule has 0 aromatic rings. The van der Waals surface area contributed by atoms with Crippen molar-refractivity contribution in [2.75, 3.05) is 38.2 Å². The molecule has 0 bridgehead atoms. The quantitative estimate of drug-likeness (QED) is 0.299. The lowest BCUT2D eigenvalue weighted by molar-refractivity contribution is 0.351. The minimum absolute atomic E-state index is 0. The fourth-order valence-electron chi connectivity index (χ4n) is 3.20. The van der Waals surface area contributed by atoms with Crippen LogP contribution in [0.2, 0.25) is 0 Å². The number of nitrogens with one attached hydrogen (secondary N) is 1. The number of nitrogens with zero attached hydrogens (tertiary/aromatic N) is 2. The van der Waals surface area contributed by atoms with Crippen LogP contribution in [-0.4, -0.2) is 57.5 Å². The molecule has 2 rings (SSSR count). The van der Waals surface area contributed by atoms with Crippen molar-refractivity contribution in [1.29, 1.82) is 0 Å². The topological polar surface area (TPSA) is 61.8 Å². The van der Waals surface area contributed by atoms with Crippen LogP contribution in [0.25, 0.3) is 0 Å². The number of hydrogen-bond donors (Lipinski definition) is 1. The lowest BCUT2D eigenvalue weighted by Gasteiger charge is -2.28. The number of hydrogen-bond acceptors (Lipinski definition) is 3. The summed E-state index contributed by atoms with van der Waals surface area (Å²) in [5, 5.41) is 3.33. The number of allylic oxidation sites excluding steroid dienone is 2. The summed E-state index contributed by atoms with van der Waals surface area (Å²) in [6.45, 7) is 4.50. The van der Waals surface area contributed by atoms with Crippen LogP contribution in [0.5, 0.6) is 0 Å². The minimum Gasteiger partial charge on any atom is -0.357 e. The zero-order valence-electron chi connectivity index (χ0n) is 14.2. The summed E-state index contributed by atoms with van der Waals surface area (Å²) < 4.78 is 23.1. The maximum Gasteiger partial charge on any atom is 0.193 e. The molecule has 23 heavy (non-hydrogen) atoms. The van der Waals surface area contributed by atoms with Gasteiger partial charge in [-0.3, -0.25) is 4.99 Å². The first-order valence-corrected chi connectivity index (χ1v) is 10.2. The van der Waals surface area contributed by atoms with E-state index in [1.807, 2.05) is 0 Å². The van der Waals surface area contributed by atoms with E-state index in [1.54, 1.807) is 0 Å². The van der Waals surface area contributed by atoms with Crippen molar-refractivity contribution >= 4 is 39.8 Å². The van der Waals surface area contributed by atoms with Crippen molar-refractivity contribution < 1.29 is 8.42 Å². The molecule has 1 N–H and O–H groups in total. The molecule has 2 unspecified atom stereocenters. The van der Waals surface area contributed by atoms with Gasteiger partial charge < -0.3 is 10.2 Å². The van der Waals surface area contributed by atoms with E-state index in [-0.39, 0.29) is 29.9 Å². The predicted octanol–water partition coefficient (Wildman–Crippen LogP) is 2.29. The van der Waals surface area contributed by atoms with Gasteiger partial charge in [0.2, 0.25) is 0 Å². The first-order chi connectivity index (χ1) is 10.5. The SMILES string of the molecule is CCNC(=NCC1CCS(=O)(=O)C1)N(C)CC1CC=CCC1.I. The summed E-state index contributed by atoms with van der Waals surface area (Å²) >= 11 is 0. The maximum absolute atomic E-state index is 11.5. The van der Waals surface area contributed by atoms with E-state index in [2.05, 4.69) is 41.3 Å². The third-order valence-electron chi connectivity index (χ3n) is 4.43. The summed E-state index contributed by atoms with van der Waals surface area (Å²) in [7, 11) is -0.735. The molecule has 0 radical (unpaired) electrons. The number of halogens is 1. The highest BCUT2D eigenvalue weighted by Gasteiger charge is 2.27. The molecule has 1 aliphatic carbocycles. The molecule has 1 fully saturated rings. The third-order valence-corrected chi connectivity index (χ3v) is 6.27. The predicted molar refractivity (Wildman–Crippen MR) is 107 cm³/mol. The molecule has 1 heterocycles. The van der Waals surface area contributed by atoms with E-state index in [9.17, 15) is 8.42 Å². The van der Waals surface area contributed by atoms with Gasteiger partial charge >= 0.3 is 0 Å². The molecule has 2 aliphatic rings. The summed E-state index contributed by atoms with van der Waals surface area (Å²) in [5.74, 6) is 2.40. The van der Waals surface area contributed by atoms with Crippen LogP contribution < -0.4 is 5.32 Å². The molecule has 0 aromatic carbocycles. The zero-order valence-corrected chi connectivity index (χ0v) is 17.3. The van der Waals surface area contributed by atoms with Gasteiger partial charge in [0.1, 0.15) is 0 Å². The van der Waals surface area contributed by atoms with Crippen LogP contribution >= 0.6 is 24.0 Å². The summed E-state index contributed by atoms with van der Waals surface area (Å²) in [6.07, 6.45) is 8.84. The van der Waals surface area contributed by atoms with Crippen molar-refractivity contribution in [3.8, 4) is 0 Å². The van der Waals surface area contributed by atoms with Gasteiger partial charge in [0.25, 0.3) is 0 Å². The normalized spacial score (nSPS) is 26.6. The maximum atomic E-state index is 11.5. The van der Waals surface area contributed by atoms with Crippen LogP contribution in [0.15, 0.2) is 17.1 Å². The van der Waals surface area contributed by atoms with Crippen LogP contribution in [-0.2, 0) is 9.84 Å².